The fraction of sp³-hybridized carbons (Fsp3) is 0.562. The molecule has 0 bridgehead atoms. The van der Waals surface area contributed by atoms with Gasteiger partial charge in [0.25, 0.3) is 0 Å². The van der Waals surface area contributed by atoms with Gasteiger partial charge in [0.2, 0.25) is 0 Å². The standard InChI is InChI=1S/C16H25NO3/c1-3-5-11-20-16(19)17-14(15(18)4-2)12-13-9-7-6-8-10-13/h6-10,14-15,18H,3-5,11-12H2,1-2H3,(H,17,19). The Morgan fingerprint density at radius 2 is 2.00 bits per heavy atom. The lowest BCUT2D eigenvalue weighted by atomic mass is 10.00. The average molecular weight is 279 g/mol. The highest BCUT2D eigenvalue weighted by molar-refractivity contribution is 5.67. The first-order valence-corrected chi connectivity index (χ1v) is 7.32. The molecule has 4 nitrogen and oxygen atoms in total. The maximum absolute atomic E-state index is 11.7. The second kappa shape index (κ2) is 9.37. The van der Waals surface area contributed by atoms with E-state index < -0.39 is 12.2 Å². The van der Waals surface area contributed by atoms with Crippen LogP contribution in [0.5, 0.6) is 0 Å². The van der Waals surface area contributed by atoms with E-state index in [9.17, 15) is 9.90 Å². The van der Waals surface area contributed by atoms with Gasteiger partial charge in [-0.2, -0.15) is 0 Å². The summed E-state index contributed by atoms with van der Waals surface area (Å²) in [6.45, 7) is 4.36. The predicted octanol–water partition coefficient (Wildman–Crippen LogP) is 2.89. The van der Waals surface area contributed by atoms with Crippen molar-refractivity contribution in [3.05, 3.63) is 35.9 Å². The van der Waals surface area contributed by atoms with Crippen molar-refractivity contribution in [1.82, 2.24) is 5.32 Å². The average Bonchev–Trinajstić information content (AvgIpc) is 2.47. The molecule has 0 aliphatic rings. The van der Waals surface area contributed by atoms with Gasteiger partial charge in [-0.3, -0.25) is 0 Å². The number of rotatable bonds is 8. The van der Waals surface area contributed by atoms with Crippen LogP contribution in [0, 0.1) is 0 Å². The number of aliphatic hydroxyl groups excluding tert-OH is 1. The van der Waals surface area contributed by atoms with Gasteiger partial charge in [-0.1, -0.05) is 50.6 Å². The van der Waals surface area contributed by atoms with Crippen molar-refractivity contribution in [3.63, 3.8) is 0 Å². The van der Waals surface area contributed by atoms with E-state index in [2.05, 4.69) is 5.32 Å². The van der Waals surface area contributed by atoms with Crippen LogP contribution in [0.2, 0.25) is 0 Å². The van der Waals surface area contributed by atoms with Gasteiger partial charge >= 0.3 is 6.09 Å². The number of ether oxygens (including phenoxy) is 1. The number of benzene rings is 1. The maximum Gasteiger partial charge on any atom is 0.407 e. The monoisotopic (exact) mass is 279 g/mol. The van der Waals surface area contributed by atoms with E-state index in [1.807, 2.05) is 44.2 Å². The lowest BCUT2D eigenvalue weighted by Crippen LogP contribution is -2.44. The van der Waals surface area contributed by atoms with E-state index in [1.54, 1.807) is 0 Å². The van der Waals surface area contributed by atoms with Gasteiger partial charge in [0, 0.05) is 0 Å². The van der Waals surface area contributed by atoms with Crippen molar-refractivity contribution in [2.75, 3.05) is 6.61 Å². The van der Waals surface area contributed by atoms with E-state index >= 15 is 0 Å². The highest BCUT2D eigenvalue weighted by Gasteiger charge is 2.20. The van der Waals surface area contributed by atoms with Crippen LogP contribution in [-0.4, -0.2) is 30.0 Å². The van der Waals surface area contributed by atoms with Crippen LogP contribution in [-0.2, 0) is 11.2 Å². The number of amides is 1. The van der Waals surface area contributed by atoms with Crippen molar-refractivity contribution < 1.29 is 14.6 Å². The molecular weight excluding hydrogens is 254 g/mol. The van der Waals surface area contributed by atoms with Crippen molar-refractivity contribution in [1.29, 1.82) is 0 Å². The third kappa shape index (κ3) is 6.06. The Labute approximate surface area is 121 Å². The molecule has 0 heterocycles. The Kier molecular flexibility index (Phi) is 7.73. The Balaban J connectivity index is 2.54. The molecule has 112 valence electrons. The van der Waals surface area contributed by atoms with Crippen molar-refractivity contribution >= 4 is 6.09 Å². The molecule has 1 amide bonds. The smallest absolute Gasteiger partial charge is 0.407 e. The van der Waals surface area contributed by atoms with E-state index in [0.717, 1.165) is 18.4 Å². The summed E-state index contributed by atoms with van der Waals surface area (Å²) in [6, 6.07) is 9.49. The molecule has 0 saturated heterocycles. The van der Waals surface area contributed by atoms with Gasteiger partial charge in [-0.15, -0.1) is 0 Å². The van der Waals surface area contributed by atoms with E-state index in [-0.39, 0.29) is 6.04 Å². The molecule has 0 radical (unpaired) electrons. The number of aliphatic hydroxyl groups is 1. The van der Waals surface area contributed by atoms with Gasteiger partial charge < -0.3 is 15.2 Å². The first-order valence-electron chi connectivity index (χ1n) is 7.32. The van der Waals surface area contributed by atoms with Crippen LogP contribution in [0.1, 0.15) is 38.7 Å². The molecule has 1 rings (SSSR count). The molecule has 0 aliphatic heterocycles. The molecule has 0 aromatic heterocycles. The van der Waals surface area contributed by atoms with Crippen LogP contribution in [0.3, 0.4) is 0 Å². The first-order chi connectivity index (χ1) is 9.67. The molecule has 0 aliphatic carbocycles. The van der Waals surface area contributed by atoms with E-state index in [1.165, 1.54) is 0 Å². The largest absolute Gasteiger partial charge is 0.450 e. The molecule has 0 spiro atoms. The molecule has 1 aromatic rings. The van der Waals surface area contributed by atoms with Crippen molar-refractivity contribution in [3.8, 4) is 0 Å². The van der Waals surface area contributed by atoms with Gasteiger partial charge in [-0.05, 0) is 24.8 Å². The lowest BCUT2D eigenvalue weighted by Gasteiger charge is -2.23. The minimum Gasteiger partial charge on any atom is -0.450 e. The van der Waals surface area contributed by atoms with Gasteiger partial charge in [0.1, 0.15) is 0 Å². The normalized spacial score (nSPS) is 13.6. The van der Waals surface area contributed by atoms with Crippen LogP contribution in [0.15, 0.2) is 30.3 Å². The maximum atomic E-state index is 11.7. The Morgan fingerprint density at radius 3 is 2.60 bits per heavy atom. The number of carbonyl (C=O) groups is 1. The summed E-state index contributed by atoms with van der Waals surface area (Å²) in [6.07, 6.45) is 2.00. The number of carbonyl (C=O) groups excluding carboxylic acids is 1. The van der Waals surface area contributed by atoms with Crippen molar-refractivity contribution in [2.45, 2.75) is 51.7 Å². The summed E-state index contributed by atoms with van der Waals surface area (Å²) in [4.78, 5) is 11.7. The number of alkyl carbamates (subject to hydrolysis) is 1. The minimum absolute atomic E-state index is 0.323. The van der Waals surface area contributed by atoms with Crippen LogP contribution >= 0.6 is 0 Å². The zero-order valence-electron chi connectivity index (χ0n) is 12.3. The quantitative estimate of drug-likeness (QED) is 0.719. The minimum atomic E-state index is -0.575. The molecule has 0 fully saturated rings. The second-order valence-electron chi connectivity index (χ2n) is 4.91. The summed E-state index contributed by atoms with van der Waals surface area (Å²) in [5.74, 6) is 0. The topological polar surface area (TPSA) is 58.6 Å². The molecule has 20 heavy (non-hydrogen) atoms. The zero-order valence-corrected chi connectivity index (χ0v) is 12.3. The van der Waals surface area contributed by atoms with Crippen LogP contribution in [0.25, 0.3) is 0 Å². The van der Waals surface area contributed by atoms with Crippen LogP contribution < -0.4 is 5.32 Å². The lowest BCUT2D eigenvalue weighted by molar-refractivity contribution is 0.102. The van der Waals surface area contributed by atoms with E-state index in [4.69, 9.17) is 4.74 Å². The number of hydrogen-bond acceptors (Lipinski definition) is 3. The fourth-order valence-corrected chi connectivity index (χ4v) is 1.94. The fourth-order valence-electron chi connectivity index (χ4n) is 1.94. The predicted molar refractivity (Wildman–Crippen MR) is 79.6 cm³/mol. The Bertz CT molecular complexity index is 381. The molecular formula is C16H25NO3. The number of hydrogen-bond donors (Lipinski definition) is 2. The van der Waals surface area contributed by atoms with Gasteiger partial charge in [0.05, 0.1) is 18.8 Å². The molecule has 4 heteroatoms. The van der Waals surface area contributed by atoms with Gasteiger partial charge in [0.15, 0.2) is 0 Å². The molecule has 2 unspecified atom stereocenters. The van der Waals surface area contributed by atoms with Crippen molar-refractivity contribution in [2.24, 2.45) is 0 Å². The van der Waals surface area contributed by atoms with Gasteiger partial charge in [-0.25, -0.2) is 4.79 Å². The highest BCUT2D eigenvalue weighted by atomic mass is 16.5. The zero-order chi connectivity index (χ0) is 14.8. The Morgan fingerprint density at radius 1 is 1.30 bits per heavy atom. The number of nitrogens with one attached hydrogen (secondary N) is 1. The third-order valence-electron chi connectivity index (χ3n) is 3.22. The molecule has 2 N–H and O–H groups in total. The van der Waals surface area contributed by atoms with E-state index in [0.29, 0.717) is 19.4 Å². The first kappa shape index (κ1) is 16.5. The summed E-state index contributed by atoms with van der Waals surface area (Å²) >= 11 is 0. The summed E-state index contributed by atoms with van der Waals surface area (Å²) in [7, 11) is 0. The highest BCUT2D eigenvalue weighted by Crippen LogP contribution is 2.09. The Hall–Kier alpha value is -1.55. The third-order valence-corrected chi connectivity index (χ3v) is 3.22. The summed E-state index contributed by atoms with van der Waals surface area (Å²) in [5.41, 5.74) is 1.08. The summed E-state index contributed by atoms with van der Waals surface area (Å²) in [5, 5.41) is 12.8. The molecule has 2 atom stereocenters. The molecule has 1 aromatic carbocycles. The molecule has 0 saturated carbocycles. The summed E-state index contributed by atoms with van der Waals surface area (Å²) < 4.78 is 5.08. The second-order valence-corrected chi connectivity index (χ2v) is 4.91. The number of unbranched alkanes of at least 4 members (excludes halogenated alkanes) is 1. The SMILES string of the molecule is CCCCOC(=O)NC(Cc1ccccc1)C(O)CC. The van der Waals surface area contributed by atoms with Crippen LogP contribution in [0.4, 0.5) is 4.79 Å².